The van der Waals surface area contributed by atoms with Gasteiger partial charge in [0.25, 0.3) is 0 Å². The summed E-state index contributed by atoms with van der Waals surface area (Å²) >= 11 is 0. The van der Waals surface area contributed by atoms with Crippen molar-refractivity contribution in [3.8, 4) is 5.69 Å². The lowest BCUT2D eigenvalue weighted by molar-refractivity contribution is 0.863. The average Bonchev–Trinajstić information content (AvgIpc) is 2.69. The standard InChI is InChI=1S/C13H15N3/c1-11-12(6-5-9-14)10-16(15-11)13-7-3-2-4-8-13/h2-8,10H,9,14H2,1H3. The first-order valence-corrected chi connectivity index (χ1v) is 5.29. The molecule has 1 heterocycles. The normalized spacial score (nSPS) is 11.1. The summed E-state index contributed by atoms with van der Waals surface area (Å²) in [5, 5.41) is 4.46. The summed E-state index contributed by atoms with van der Waals surface area (Å²) in [6.45, 7) is 2.55. The summed E-state index contributed by atoms with van der Waals surface area (Å²) in [5.74, 6) is 0. The smallest absolute Gasteiger partial charge is 0.0670 e. The third-order valence-electron chi connectivity index (χ3n) is 2.39. The van der Waals surface area contributed by atoms with Crippen LogP contribution in [0.25, 0.3) is 11.8 Å². The van der Waals surface area contributed by atoms with Crippen LogP contribution in [0.1, 0.15) is 11.3 Å². The quantitative estimate of drug-likeness (QED) is 0.849. The van der Waals surface area contributed by atoms with Crippen molar-refractivity contribution in [2.75, 3.05) is 6.54 Å². The third kappa shape index (κ3) is 2.20. The van der Waals surface area contributed by atoms with Gasteiger partial charge in [-0.25, -0.2) is 4.68 Å². The summed E-state index contributed by atoms with van der Waals surface area (Å²) in [7, 11) is 0. The summed E-state index contributed by atoms with van der Waals surface area (Å²) < 4.78 is 1.88. The maximum atomic E-state index is 5.43. The number of para-hydroxylation sites is 1. The Balaban J connectivity index is 2.35. The molecule has 2 rings (SSSR count). The van der Waals surface area contributed by atoms with Crippen molar-refractivity contribution in [2.45, 2.75) is 6.92 Å². The fourth-order valence-electron chi connectivity index (χ4n) is 1.55. The largest absolute Gasteiger partial charge is 0.327 e. The van der Waals surface area contributed by atoms with Crippen LogP contribution in [0.2, 0.25) is 0 Å². The molecule has 3 nitrogen and oxygen atoms in total. The van der Waals surface area contributed by atoms with Crippen LogP contribution in [0.5, 0.6) is 0 Å². The van der Waals surface area contributed by atoms with Crippen LogP contribution in [0.15, 0.2) is 42.6 Å². The highest BCUT2D eigenvalue weighted by Crippen LogP contribution is 2.12. The molecule has 0 fully saturated rings. The van der Waals surface area contributed by atoms with Crippen molar-refractivity contribution in [2.24, 2.45) is 5.73 Å². The van der Waals surface area contributed by atoms with Gasteiger partial charge < -0.3 is 5.73 Å². The molecule has 3 heteroatoms. The molecule has 1 aromatic carbocycles. The molecular formula is C13H15N3. The molecule has 0 saturated carbocycles. The number of aryl methyl sites for hydroxylation is 1. The van der Waals surface area contributed by atoms with Gasteiger partial charge in [0.15, 0.2) is 0 Å². The number of nitrogens with zero attached hydrogens (tertiary/aromatic N) is 2. The minimum absolute atomic E-state index is 0.552. The van der Waals surface area contributed by atoms with Crippen LogP contribution in [0.3, 0.4) is 0 Å². The van der Waals surface area contributed by atoms with Crippen LogP contribution in [-0.4, -0.2) is 16.3 Å². The number of hydrogen-bond acceptors (Lipinski definition) is 2. The Hall–Kier alpha value is -1.87. The topological polar surface area (TPSA) is 43.8 Å². The van der Waals surface area contributed by atoms with E-state index < -0.39 is 0 Å². The van der Waals surface area contributed by atoms with Gasteiger partial charge in [-0.1, -0.05) is 30.4 Å². The minimum atomic E-state index is 0.552. The lowest BCUT2D eigenvalue weighted by atomic mass is 10.2. The molecule has 0 spiro atoms. The summed E-state index contributed by atoms with van der Waals surface area (Å²) in [6.07, 6.45) is 5.94. The van der Waals surface area contributed by atoms with E-state index in [9.17, 15) is 0 Å². The van der Waals surface area contributed by atoms with Gasteiger partial charge in [0, 0.05) is 18.3 Å². The Morgan fingerprint density at radius 3 is 2.75 bits per heavy atom. The molecule has 0 unspecified atom stereocenters. The molecule has 0 radical (unpaired) electrons. The zero-order valence-electron chi connectivity index (χ0n) is 9.30. The van der Waals surface area contributed by atoms with E-state index in [-0.39, 0.29) is 0 Å². The molecule has 82 valence electrons. The molecule has 0 saturated heterocycles. The van der Waals surface area contributed by atoms with Gasteiger partial charge in [-0.15, -0.1) is 0 Å². The van der Waals surface area contributed by atoms with Crippen molar-refractivity contribution >= 4 is 6.08 Å². The second-order valence-corrected chi connectivity index (χ2v) is 3.59. The van der Waals surface area contributed by atoms with Crippen molar-refractivity contribution < 1.29 is 0 Å². The second-order valence-electron chi connectivity index (χ2n) is 3.59. The Labute approximate surface area is 95.2 Å². The van der Waals surface area contributed by atoms with Gasteiger partial charge in [0.1, 0.15) is 0 Å². The predicted molar refractivity (Wildman–Crippen MR) is 66.4 cm³/mol. The monoisotopic (exact) mass is 213 g/mol. The fourth-order valence-corrected chi connectivity index (χ4v) is 1.55. The second kappa shape index (κ2) is 4.77. The first-order chi connectivity index (χ1) is 7.81. The Bertz CT molecular complexity index is 483. The van der Waals surface area contributed by atoms with Gasteiger partial charge in [0.2, 0.25) is 0 Å². The number of hydrogen-bond donors (Lipinski definition) is 1. The molecule has 2 aromatic rings. The number of nitrogens with two attached hydrogens (primary N) is 1. The van der Waals surface area contributed by atoms with Gasteiger partial charge in [-0.05, 0) is 19.1 Å². The van der Waals surface area contributed by atoms with E-state index in [0.29, 0.717) is 6.54 Å². The predicted octanol–water partition coefficient (Wildman–Crippen LogP) is 2.15. The Kier molecular flexibility index (Phi) is 3.17. The Morgan fingerprint density at radius 1 is 1.31 bits per heavy atom. The number of rotatable bonds is 3. The van der Waals surface area contributed by atoms with Crippen LogP contribution < -0.4 is 5.73 Å². The van der Waals surface area contributed by atoms with Crippen LogP contribution >= 0.6 is 0 Å². The average molecular weight is 213 g/mol. The van der Waals surface area contributed by atoms with Gasteiger partial charge >= 0.3 is 0 Å². The van der Waals surface area contributed by atoms with E-state index in [0.717, 1.165) is 16.9 Å². The molecule has 1 aromatic heterocycles. The number of benzene rings is 1. The van der Waals surface area contributed by atoms with Gasteiger partial charge in [-0.2, -0.15) is 5.10 Å². The fraction of sp³-hybridized carbons (Fsp3) is 0.154. The highest BCUT2D eigenvalue weighted by atomic mass is 15.3. The lowest BCUT2D eigenvalue weighted by Gasteiger charge is -1.98. The van der Waals surface area contributed by atoms with Gasteiger partial charge in [0.05, 0.1) is 11.4 Å². The van der Waals surface area contributed by atoms with E-state index in [1.165, 1.54) is 0 Å². The summed E-state index contributed by atoms with van der Waals surface area (Å²) in [6, 6.07) is 10.1. The molecule has 2 N–H and O–H groups in total. The van der Waals surface area contributed by atoms with Crippen molar-refractivity contribution in [1.29, 1.82) is 0 Å². The van der Waals surface area contributed by atoms with E-state index in [2.05, 4.69) is 5.10 Å². The minimum Gasteiger partial charge on any atom is -0.327 e. The molecule has 16 heavy (non-hydrogen) atoms. The van der Waals surface area contributed by atoms with Crippen molar-refractivity contribution in [1.82, 2.24) is 9.78 Å². The maximum Gasteiger partial charge on any atom is 0.0670 e. The van der Waals surface area contributed by atoms with E-state index >= 15 is 0 Å². The SMILES string of the molecule is Cc1nn(-c2ccccc2)cc1C=CCN. The highest BCUT2D eigenvalue weighted by molar-refractivity contribution is 5.51. The van der Waals surface area contributed by atoms with E-state index in [1.54, 1.807) is 0 Å². The zero-order chi connectivity index (χ0) is 11.4. The first-order valence-electron chi connectivity index (χ1n) is 5.29. The van der Waals surface area contributed by atoms with Crippen LogP contribution in [0.4, 0.5) is 0 Å². The van der Waals surface area contributed by atoms with Gasteiger partial charge in [-0.3, -0.25) is 0 Å². The van der Waals surface area contributed by atoms with Crippen molar-refractivity contribution in [3.05, 3.63) is 53.9 Å². The van der Waals surface area contributed by atoms with E-state index in [1.807, 2.05) is 60.3 Å². The molecule has 0 aliphatic heterocycles. The first kappa shape index (κ1) is 10.6. The van der Waals surface area contributed by atoms with Crippen LogP contribution in [-0.2, 0) is 0 Å². The molecule has 0 atom stereocenters. The number of aromatic nitrogens is 2. The molecule has 0 aliphatic carbocycles. The third-order valence-corrected chi connectivity index (χ3v) is 2.39. The summed E-state index contributed by atoms with van der Waals surface area (Å²) in [5.41, 5.74) is 8.61. The molecule has 0 amide bonds. The van der Waals surface area contributed by atoms with Crippen molar-refractivity contribution in [3.63, 3.8) is 0 Å². The molecule has 0 aliphatic rings. The van der Waals surface area contributed by atoms with E-state index in [4.69, 9.17) is 5.73 Å². The summed E-state index contributed by atoms with van der Waals surface area (Å²) in [4.78, 5) is 0. The highest BCUT2D eigenvalue weighted by Gasteiger charge is 2.02. The molecule has 0 bridgehead atoms. The lowest BCUT2D eigenvalue weighted by Crippen LogP contribution is -1.93. The molecular weight excluding hydrogens is 198 g/mol. The maximum absolute atomic E-state index is 5.43. The van der Waals surface area contributed by atoms with Crippen LogP contribution in [0, 0.1) is 6.92 Å². The zero-order valence-corrected chi connectivity index (χ0v) is 9.30. The Morgan fingerprint density at radius 2 is 2.06 bits per heavy atom.